The molecular formula is C20H29N5O2. The minimum absolute atomic E-state index is 0.0866. The van der Waals surface area contributed by atoms with Crippen LogP contribution >= 0.6 is 0 Å². The van der Waals surface area contributed by atoms with Gasteiger partial charge in [0.05, 0.1) is 5.69 Å². The minimum Gasteiger partial charge on any atom is -0.381 e. The molecule has 2 aliphatic rings. The summed E-state index contributed by atoms with van der Waals surface area (Å²) in [5, 5.41) is 4.30. The summed E-state index contributed by atoms with van der Waals surface area (Å²) in [6.45, 7) is 7.27. The van der Waals surface area contributed by atoms with E-state index in [9.17, 15) is 4.79 Å². The molecule has 0 N–H and O–H groups in total. The smallest absolute Gasteiger partial charge is 0.272 e. The predicted octanol–water partition coefficient (Wildman–Crippen LogP) is 2.60. The second kappa shape index (κ2) is 7.46. The molecule has 0 aromatic carbocycles. The van der Waals surface area contributed by atoms with E-state index in [-0.39, 0.29) is 5.91 Å². The van der Waals surface area contributed by atoms with Crippen LogP contribution in [0.2, 0.25) is 0 Å². The molecule has 2 aliphatic heterocycles. The zero-order chi connectivity index (χ0) is 19.0. The maximum absolute atomic E-state index is 12.8. The number of piperidine rings is 1. The molecule has 27 heavy (non-hydrogen) atoms. The Morgan fingerprint density at radius 1 is 1.15 bits per heavy atom. The highest BCUT2D eigenvalue weighted by atomic mass is 16.5. The molecule has 2 fully saturated rings. The average molecular weight is 371 g/mol. The number of rotatable bonds is 3. The third-order valence-corrected chi connectivity index (χ3v) is 5.93. The van der Waals surface area contributed by atoms with Crippen LogP contribution in [0, 0.1) is 13.8 Å². The van der Waals surface area contributed by atoms with Crippen molar-refractivity contribution in [1.82, 2.24) is 24.2 Å². The Balaban J connectivity index is 1.46. The molecule has 2 aromatic rings. The quantitative estimate of drug-likeness (QED) is 0.832. The molecule has 0 spiro atoms. The van der Waals surface area contributed by atoms with Gasteiger partial charge in [0, 0.05) is 57.2 Å². The molecule has 0 saturated carbocycles. The maximum atomic E-state index is 12.8. The van der Waals surface area contributed by atoms with Crippen molar-refractivity contribution >= 4 is 5.91 Å². The van der Waals surface area contributed by atoms with E-state index in [1.165, 1.54) is 11.5 Å². The molecule has 0 radical (unpaired) electrons. The van der Waals surface area contributed by atoms with Crippen molar-refractivity contribution < 1.29 is 9.53 Å². The fraction of sp³-hybridized carbons (Fsp3) is 0.650. The summed E-state index contributed by atoms with van der Waals surface area (Å²) in [6.07, 6.45) is 6.04. The number of ether oxygens (including phenoxy) is 1. The number of aromatic nitrogens is 4. The fourth-order valence-corrected chi connectivity index (χ4v) is 4.50. The predicted molar refractivity (Wildman–Crippen MR) is 102 cm³/mol. The summed E-state index contributed by atoms with van der Waals surface area (Å²) in [5.41, 5.74) is 2.78. The molecule has 0 aliphatic carbocycles. The Morgan fingerprint density at radius 3 is 2.48 bits per heavy atom. The zero-order valence-electron chi connectivity index (χ0n) is 16.5. The molecule has 146 valence electrons. The average Bonchev–Trinajstić information content (AvgIpc) is 3.23. The highest BCUT2D eigenvalue weighted by Crippen LogP contribution is 2.32. The summed E-state index contributed by atoms with van der Waals surface area (Å²) in [4.78, 5) is 19.6. The van der Waals surface area contributed by atoms with E-state index < -0.39 is 0 Å². The van der Waals surface area contributed by atoms with Gasteiger partial charge in [-0.3, -0.25) is 9.48 Å². The highest BCUT2D eigenvalue weighted by molar-refractivity contribution is 5.92. The lowest BCUT2D eigenvalue weighted by atomic mass is 9.97. The first kappa shape index (κ1) is 18.2. The fourth-order valence-electron chi connectivity index (χ4n) is 4.50. The van der Waals surface area contributed by atoms with Crippen LogP contribution in [0.4, 0.5) is 0 Å². The lowest BCUT2D eigenvalue weighted by Gasteiger charge is -2.35. The Kier molecular flexibility index (Phi) is 5.04. The van der Waals surface area contributed by atoms with Crippen LogP contribution in [0.25, 0.3) is 0 Å². The van der Waals surface area contributed by atoms with Gasteiger partial charge in [-0.15, -0.1) is 0 Å². The zero-order valence-corrected chi connectivity index (χ0v) is 16.5. The third-order valence-electron chi connectivity index (χ3n) is 5.93. The number of imidazole rings is 1. The van der Waals surface area contributed by atoms with Crippen molar-refractivity contribution in [2.45, 2.75) is 51.5 Å². The molecule has 7 nitrogen and oxygen atoms in total. The van der Waals surface area contributed by atoms with Gasteiger partial charge in [-0.1, -0.05) is 0 Å². The second-order valence-corrected chi connectivity index (χ2v) is 7.83. The number of amides is 1. The van der Waals surface area contributed by atoms with Gasteiger partial charge in [0.25, 0.3) is 5.91 Å². The van der Waals surface area contributed by atoms with Crippen LogP contribution in [0.15, 0.2) is 12.3 Å². The molecule has 1 amide bonds. The Bertz CT molecular complexity index is 810. The Labute approximate surface area is 160 Å². The van der Waals surface area contributed by atoms with E-state index in [1.807, 2.05) is 31.1 Å². The van der Waals surface area contributed by atoms with Crippen LogP contribution in [-0.2, 0) is 11.8 Å². The monoisotopic (exact) mass is 371 g/mol. The minimum atomic E-state index is 0.0866. The molecule has 2 aromatic heterocycles. The van der Waals surface area contributed by atoms with Crippen LogP contribution in [0.3, 0.4) is 0 Å². The summed E-state index contributed by atoms with van der Waals surface area (Å²) in [7, 11) is 1.84. The van der Waals surface area contributed by atoms with Crippen molar-refractivity contribution in [2.24, 2.45) is 7.05 Å². The van der Waals surface area contributed by atoms with Crippen molar-refractivity contribution in [3.63, 3.8) is 0 Å². The molecule has 0 bridgehead atoms. The normalized spacial score (nSPS) is 19.6. The van der Waals surface area contributed by atoms with Gasteiger partial charge in [-0.25, -0.2) is 4.98 Å². The first-order valence-corrected chi connectivity index (χ1v) is 9.96. The van der Waals surface area contributed by atoms with E-state index in [0.29, 0.717) is 17.7 Å². The van der Waals surface area contributed by atoms with Crippen LogP contribution in [0.5, 0.6) is 0 Å². The van der Waals surface area contributed by atoms with E-state index in [0.717, 1.165) is 57.7 Å². The third kappa shape index (κ3) is 3.52. The van der Waals surface area contributed by atoms with Crippen molar-refractivity contribution in [1.29, 1.82) is 0 Å². The molecule has 0 unspecified atom stereocenters. The van der Waals surface area contributed by atoms with E-state index in [2.05, 4.69) is 16.6 Å². The molecular weight excluding hydrogens is 342 g/mol. The summed E-state index contributed by atoms with van der Waals surface area (Å²) in [6, 6.07) is 2.29. The van der Waals surface area contributed by atoms with Gasteiger partial charge < -0.3 is 14.2 Å². The first-order chi connectivity index (χ1) is 13.0. The van der Waals surface area contributed by atoms with E-state index in [1.54, 1.807) is 4.68 Å². The SMILES string of the molecule is Cc1cc(C(=O)N2CCC(n3c(C)cnc3C3CCOCC3)CC2)n(C)n1. The number of likely N-dealkylation sites (tertiary alicyclic amines) is 1. The largest absolute Gasteiger partial charge is 0.381 e. The van der Waals surface area contributed by atoms with E-state index >= 15 is 0 Å². The molecule has 2 saturated heterocycles. The molecule has 4 rings (SSSR count). The summed E-state index contributed by atoms with van der Waals surface area (Å²) >= 11 is 0. The number of aryl methyl sites for hydroxylation is 3. The van der Waals surface area contributed by atoms with Crippen molar-refractivity contribution in [2.75, 3.05) is 26.3 Å². The molecule has 4 heterocycles. The standard InChI is InChI=1S/C20H29N5O2/c1-14-12-18(23(3)22-14)20(26)24-8-4-17(5-9-24)25-15(2)13-21-19(25)16-6-10-27-11-7-16/h12-13,16-17H,4-11H2,1-3H3. The number of carbonyl (C=O) groups is 1. The number of hydrogen-bond donors (Lipinski definition) is 0. The first-order valence-electron chi connectivity index (χ1n) is 9.96. The highest BCUT2D eigenvalue weighted by Gasteiger charge is 2.30. The molecule has 0 atom stereocenters. The van der Waals surface area contributed by atoms with Gasteiger partial charge in [0.15, 0.2) is 0 Å². The summed E-state index contributed by atoms with van der Waals surface area (Å²) in [5.74, 6) is 1.79. The van der Waals surface area contributed by atoms with Crippen LogP contribution < -0.4 is 0 Å². The topological polar surface area (TPSA) is 65.2 Å². The lowest BCUT2D eigenvalue weighted by molar-refractivity contribution is 0.0672. The number of hydrogen-bond acceptors (Lipinski definition) is 4. The van der Waals surface area contributed by atoms with Gasteiger partial charge in [-0.2, -0.15) is 5.10 Å². The van der Waals surface area contributed by atoms with Crippen LogP contribution in [-0.4, -0.2) is 56.4 Å². The van der Waals surface area contributed by atoms with Crippen molar-refractivity contribution in [3.05, 3.63) is 35.2 Å². The number of nitrogens with zero attached hydrogens (tertiary/aromatic N) is 5. The van der Waals surface area contributed by atoms with Gasteiger partial charge in [0.2, 0.25) is 0 Å². The van der Waals surface area contributed by atoms with Crippen molar-refractivity contribution in [3.8, 4) is 0 Å². The Morgan fingerprint density at radius 2 is 1.85 bits per heavy atom. The van der Waals surface area contributed by atoms with Gasteiger partial charge in [-0.05, 0) is 45.6 Å². The second-order valence-electron chi connectivity index (χ2n) is 7.83. The number of carbonyl (C=O) groups excluding carboxylic acids is 1. The van der Waals surface area contributed by atoms with E-state index in [4.69, 9.17) is 9.72 Å². The Hall–Kier alpha value is -2.15. The molecule has 7 heteroatoms. The summed E-state index contributed by atoms with van der Waals surface area (Å²) < 4.78 is 9.64. The van der Waals surface area contributed by atoms with Gasteiger partial charge >= 0.3 is 0 Å². The lowest BCUT2D eigenvalue weighted by Crippen LogP contribution is -2.40. The van der Waals surface area contributed by atoms with Crippen LogP contribution in [0.1, 0.15) is 65.3 Å². The van der Waals surface area contributed by atoms with Gasteiger partial charge in [0.1, 0.15) is 11.5 Å². The maximum Gasteiger partial charge on any atom is 0.272 e.